The number of carbonyl (C=O) groups is 1. The fraction of sp³-hybridized carbons (Fsp3) is 0.375. The van der Waals surface area contributed by atoms with Gasteiger partial charge in [-0.05, 0) is 30.7 Å². The highest BCUT2D eigenvalue weighted by Crippen LogP contribution is 2.36. The molecular formula is C16H16N4O2S3. The van der Waals surface area contributed by atoms with Crippen molar-refractivity contribution in [2.24, 2.45) is 5.92 Å². The first-order valence-electron chi connectivity index (χ1n) is 7.97. The summed E-state index contributed by atoms with van der Waals surface area (Å²) in [5, 5.41) is 6.32. The van der Waals surface area contributed by atoms with Crippen LogP contribution in [0.2, 0.25) is 0 Å². The highest BCUT2D eigenvalue weighted by molar-refractivity contribution is 7.99. The van der Waals surface area contributed by atoms with Crippen LogP contribution in [-0.2, 0) is 17.6 Å². The first kappa shape index (κ1) is 16.7. The van der Waals surface area contributed by atoms with Gasteiger partial charge in [-0.25, -0.2) is 9.97 Å². The fourth-order valence-corrected chi connectivity index (χ4v) is 5.62. The Bertz CT molecular complexity index is 977. The van der Waals surface area contributed by atoms with Crippen LogP contribution in [0.3, 0.4) is 0 Å². The minimum atomic E-state index is -0.165. The Morgan fingerprint density at radius 2 is 2.40 bits per heavy atom. The molecule has 0 bridgehead atoms. The molecule has 0 aromatic carbocycles. The van der Waals surface area contributed by atoms with Crippen LogP contribution in [0, 0.1) is 5.92 Å². The van der Waals surface area contributed by atoms with Gasteiger partial charge in [0.05, 0.1) is 11.1 Å². The second-order valence-electron chi connectivity index (χ2n) is 6.08. The number of thiazole rings is 1. The van der Waals surface area contributed by atoms with Crippen molar-refractivity contribution in [1.29, 1.82) is 0 Å². The number of anilines is 1. The lowest BCUT2D eigenvalue weighted by atomic mass is 9.89. The van der Waals surface area contributed by atoms with E-state index in [-0.39, 0.29) is 17.2 Å². The predicted molar refractivity (Wildman–Crippen MR) is 103 cm³/mol. The maximum Gasteiger partial charge on any atom is 0.260 e. The van der Waals surface area contributed by atoms with E-state index < -0.39 is 0 Å². The summed E-state index contributed by atoms with van der Waals surface area (Å²) in [4.78, 5) is 37.9. The Hall–Kier alpha value is -1.71. The van der Waals surface area contributed by atoms with Crippen molar-refractivity contribution in [3.63, 3.8) is 0 Å². The molecule has 0 fully saturated rings. The third-order valence-corrected chi connectivity index (χ3v) is 6.87. The van der Waals surface area contributed by atoms with Crippen LogP contribution in [0.25, 0.3) is 10.2 Å². The zero-order valence-electron chi connectivity index (χ0n) is 13.5. The maximum absolute atomic E-state index is 12.5. The molecule has 1 aliphatic rings. The molecule has 6 nitrogen and oxygen atoms in total. The number of thiophene rings is 1. The molecule has 0 radical (unpaired) electrons. The van der Waals surface area contributed by atoms with Crippen molar-refractivity contribution in [2.75, 3.05) is 11.1 Å². The Morgan fingerprint density at radius 1 is 1.52 bits per heavy atom. The molecule has 1 aliphatic carbocycles. The zero-order valence-corrected chi connectivity index (χ0v) is 15.9. The third kappa shape index (κ3) is 3.49. The average molecular weight is 393 g/mol. The topological polar surface area (TPSA) is 87.7 Å². The van der Waals surface area contributed by atoms with Gasteiger partial charge in [0.1, 0.15) is 4.83 Å². The molecule has 3 aromatic rings. The van der Waals surface area contributed by atoms with Gasteiger partial charge in [-0.1, -0.05) is 18.7 Å². The second-order valence-corrected chi connectivity index (χ2v) is 9.02. The van der Waals surface area contributed by atoms with Crippen LogP contribution in [0.4, 0.5) is 5.13 Å². The number of rotatable bonds is 4. The van der Waals surface area contributed by atoms with Crippen molar-refractivity contribution >= 4 is 55.7 Å². The quantitative estimate of drug-likeness (QED) is 0.525. The summed E-state index contributed by atoms with van der Waals surface area (Å²) in [7, 11) is 0. The third-order valence-electron chi connectivity index (χ3n) is 4.16. The van der Waals surface area contributed by atoms with Gasteiger partial charge >= 0.3 is 0 Å². The summed E-state index contributed by atoms with van der Waals surface area (Å²) >= 11 is 4.22. The fourth-order valence-electron chi connectivity index (χ4n) is 2.97. The predicted octanol–water partition coefficient (Wildman–Crippen LogP) is 3.30. The van der Waals surface area contributed by atoms with Gasteiger partial charge in [-0.2, -0.15) is 0 Å². The smallest absolute Gasteiger partial charge is 0.260 e. The molecule has 130 valence electrons. The molecule has 0 saturated heterocycles. The molecule has 1 atom stereocenters. The summed E-state index contributed by atoms with van der Waals surface area (Å²) in [6, 6.07) is 0. The molecule has 25 heavy (non-hydrogen) atoms. The zero-order chi connectivity index (χ0) is 17.4. The normalized spacial score (nSPS) is 16.8. The number of hydrogen-bond acceptors (Lipinski definition) is 7. The van der Waals surface area contributed by atoms with Crippen LogP contribution in [0.1, 0.15) is 23.8 Å². The number of amides is 1. The summed E-state index contributed by atoms with van der Waals surface area (Å²) in [5.41, 5.74) is 1.07. The molecule has 3 aromatic heterocycles. The molecular weight excluding hydrogens is 376 g/mol. The lowest BCUT2D eigenvalue weighted by Gasteiger charge is -2.17. The minimum Gasteiger partial charge on any atom is -0.301 e. The molecule has 2 N–H and O–H groups in total. The Labute approximate surface area is 156 Å². The number of aryl methyl sites for hydroxylation is 1. The molecule has 0 unspecified atom stereocenters. The lowest BCUT2D eigenvalue weighted by molar-refractivity contribution is -0.113. The lowest BCUT2D eigenvalue weighted by Crippen LogP contribution is -2.16. The van der Waals surface area contributed by atoms with E-state index in [9.17, 15) is 9.59 Å². The molecule has 0 spiro atoms. The summed E-state index contributed by atoms with van der Waals surface area (Å²) in [6.07, 6.45) is 4.73. The second kappa shape index (κ2) is 6.89. The maximum atomic E-state index is 12.5. The van der Waals surface area contributed by atoms with E-state index in [0.29, 0.717) is 16.2 Å². The summed E-state index contributed by atoms with van der Waals surface area (Å²) < 4.78 is 0. The molecule has 4 rings (SSSR count). The number of carbonyl (C=O) groups excluding carboxylic acids is 1. The van der Waals surface area contributed by atoms with E-state index >= 15 is 0 Å². The van der Waals surface area contributed by atoms with E-state index in [0.717, 1.165) is 29.5 Å². The van der Waals surface area contributed by atoms with E-state index in [1.807, 2.05) is 0 Å². The van der Waals surface area contributed by atoms with Gasteiger partial charge in [-0.15, -0.1) is 22.7 Å². The standard InChI is InChI=1S/C16H16N4O2S3/c1-8-2-3-9-10(6-8)25-14-12(9)13(22)19-16(20-14)24-7-11(21)18-15-17-4-5-23-15/h4-5,8H,2-3,6-7H2,1H3,(H,17,18,21)(H,19,20,22)/t8-/m0/s1. The number of hydrogen-bond donors (Lipinski definition) is 2. The molecule has 0 aliphatic heterocycles. The SMILES string of the molecule is C[C@H]1CCc2c(sc3nc(SCC(=O)Nc4nccs4)[nH]c(=O)c23)C1. The Morgan fingerprint density at radius 3 is 3.20 bits per heavy atom. The molecule has 1 amide bonds. The first-order chi connectivity index (χ1) is 12.1. The molecule has 9 heteroatoms. The van der Waals surface area contributed by atoms with E-state index in [1.54, 1.807) is 22.9 Å². The summed E-state index contributed by atoms with van der Waals surface area (Å²) in [6.45, 7) is 2.24. The van der Waals surface area contributed by atoms with Crippen molar-refractivity contribution in [2.45, 2.75) is 31.3 Å². The largest absolute Gasteiger partial charge is 0.301 e. The van der Waals surface area contributed by atoms with E-state index in [2.05, 4.69) is 27.2 Å². The number of fused-ring (bicyclic) bond motifs is 3. The monoisotopic (exact) mass is 392 g/mol. The van der Waals surface area contributed by atoms with Gasteiger partial charge in [0.2, 0.25) is 5.91 Å². The first-order valence-corrected chi connectivity index (χ1v) is 10.6. The van der Waals surface area contributed by atoms with E-state index in [1.165, 1.54) is 33.5 Å². The highest BCUT2D eigenvalue weighted by Gasteiger charge is 2.23. The van der Waals surface area contributed by atoms with E-state index in [4.69, 9.17) is 0 Å². The van der Waals surface area contributed by atoms with Crippen molar-refractivity contribution < 1.29 is 4.79 Å². The van der Waals surface area contributed by atoms with Gasteiger partial charge < -0.3 is 10.3 Å². The van der Waals surface area contributed by atoms with Crippen molar-refractivity contribution in [1.82, 2.24) is 15.0 Å². The average Bonchev–Trinajstić information content (AvgIpc) is 3.19. The van der Waals surface area contributed by atoms with Crippen LogP contribution in [-0.4, -0.2) is 26.6 Å². The Kier molecular flexibility index (Phi) is 4.61. The number of aromatic nitrogens is 3. The number of nitrogens with zero attached hydrogens (tertiary/aromatic N) is 2. The minimum absolute atomic E-state index is 0.0973. The van der Waals surface area contributed by atoms with Crippen molar-refractivity contribution in [3.05, 3.63) is 32.4 Å². The highest BCUT2D eigenvalue weighted by atomic mass is 32.2. The molecule has 0 saturated carbocycles. The van der Waals surface area contributed by atoms with Gasteiger partial charge in [0.15, 0.2) is 10.3 Å². The number of thioether (sulfide) groups is 1. The van der Waals surface area contributed by atoms with Crippen LogP contribution < -0.4 is 10.9 Å². The van der Waals surface area contributed by atoms with Gasteiger partial charge in [0.25, 0.3) is 5.56 Å². The van der Waals surface area contributed by atoms with Crippen LogP contribution in [0.15, 0.2) is 21.5 Å². The van der Waals surface area contributed by atoms with Crippen LogP contribution in [0.5, 0.6) is 0 Å². The van der Waals surface area contributed by atoms with Crippen molar-refractivity contribution in [3.8, 4) is 0 Å². The number of H-pyrrole nitrogens is 1. The molecule has 3 heterocycles. The number of aromatic amines is 1. The number of nitrogens with one attached hydrogen (secondary N) is 2. The van der Waals surface area contributed by atoms with Gasteiger partial charge in [0, 0.05) is 16.5 Å². The van der Waals surface area contributed by atoms with Gasteiger partial charge in [-0.3, -0.25) is 9.59 Å². The summed E-state index contributed by atoms with van der Waals surface area (Å²) in [5.74, 6) is 0.668. The Balaban J connectivity index is 1.53. The van der Waals surface area contributed by atoms with Crippen LogP contribution >= 0.6 is 34.4 Å².